The van der Waals surface area contributed by atoms with E-state index in [2.05, 4.69) is 0 Å². The minimum atomic E-state index is -1.55. The number of hydrogen-bond acceptors (Lipinski definition) is 4. The molecule has 0 spiro atoms. The molecule has 0 amide bonds. The van der Waals surface area contributed by atoms with Crippen LogP contribution in [0.2, 0.25) is 0 Å². The molecular formula is C13H16N2O4. The molecule has 1 aliphatic rings. The molecule has 1 heterocycles. The normalized spacial score (nSPS) is 21.3. The lowest BCUT2D eigenvalue weighted by Gasteiger charge is -2.22. The number of carboxylic acid groups (broad SMARTS) is 2. The summed E-state index contributed by atoms with van der Waals surface area (Å²) >= 11 is 0. The first-order chi connectivity index (χ1) is 8.91. The maximum absolute atomic E-state index is 11.4. The second kappa shape index (κ2) is 4.55. The number of nitrogens with zero attached hydrogens (tertiary/aromatic N) is 1. The molecule has 1 unspecified atom stereocenters. The van der Waals surface area contributed by atoms with E-state index in [0.717, 1.165) is 6.42 Å². The topological polar surface area (TPSA) is 104 Å². The predicted octanol–water partition coefficient (Wildman–Crippen LogP) is 0.853. The van der Waals surface area contributed by atoms with Crippen LogP contribution in [0.1, 0.15) is 29.3 Å². The summed E-state index contributed by atoms with van der Waals surface area (Å²) in [4.78, 5) is 24.4. The maximum atomic E-state index is 11.4. The van der Waals surface area contributed by atoms with Crippen molar-refractivity contribution < 1.29 is 19.8 Å². The lowest BCUT2D eigenvalue weighted by atomic mass is 9.92. The van der Waals surface area contributed by atoms with E-state index in [1.54, 1.807) is 11.0 Å². The van der Waals surface area contributed by atoms with Crippen LogP contribution < -0.4 is 10.6 Å². The molecule has 0 aliphatic carbocycles. The van der Waals surface area contributed by atoms with Crippen LogP contribution in [-0.4, -0.2) is 35.2 Å². The number of carbonyl (C=O) groups is 2. The Kier molecular flexibility index (Phi) is 3.20. The summed E-state index contributed by atoms with van der Waals surface area (Å²) in [5, 5.41) is 18.6. The largest absolute Gasteiger partial charge is 0.480 e. The van der Waals surface area contributed by atoms with Gasteiger partial charge in [-0.05, 0) is 12.5 Å². The summed E-state index contributed by atoms with van der Waals surface area (Å²) < 4.78 is 0. The molecule has 1 aromatic carbocycles. The number of rotatable bonds is 4. The van der Waals surface area contributed by atoms with Crippen LogP contribution in [0.25, 0.3) is 0 Å². The van der Waals surface area contributed by atoms with E-state index < -0.39 is 17.5 Å². The third-order valence-corrected chi connectivity index (χ3v) is 3.38. The average Bonchev–Trinajstić information content (AvgIpc) is 2.65. The van der Waals surface area contributed by atoms with E-state index in [1.807, 2.05) is 6.92 Å². The van der Waals surface area contributed by atoms with Gasteiger partial charge < -0.3 is 20.8 Å². The predicted molar refractivity (Wildman–Crippen MR) is 69.4 cm³/mol. The first-order valence-corrected chi connectivity index (χ1v) is 6.05. The molecule has 0 aromatic heterocycles. The number of para-hydroxylation sites is 1. The molecule has 19 heavy (non-hydrogen) atoms. The molecule has 0 saturated carbocycles. The summed E-state index contributed by atoms with van der Waals surface area (Å²) in [6.45, 7) is 2.61. The summed E-state index contributed by atoms with van der Waals surface area (Å²) in [5.74, 6) is -2.22. The van der Waals surface area contributed by atoms with Crippen LogP contribution in [-0.2, 0) is 10.3 Å². The number of hydrogen-bond donors (Lipinski definition) is 3. The highest BCUT2D eigenvalue weighted by Crippen LogP contribution is 2.40. The van der Waals surface area contributed by atoms with Gasteiger partial charge in [0, 0.05) is 12.1 Å². The highest BCUT2D eigenvalue weighted by Gasteiger charge is 2.47. The lowest BCUT2D eigenvalue weighted by molar-refractivity contribution is -0.143. The van der Waals surface area contributed by atoms with Crippen molar-refractivity contribution in [3.8, 4) is 0 Å². The van der Waals surface area contributed by atoms with Gasteiger partial charge in [0.15, 0.2) is 5.54 Å². The van der Waals surface area contributed by atoms with E-state index in [1.165, 1.54) is 12.1 Å². The Morgan fingerprint density at radius 3 is 2.63 bits per heavy atom. The molecule has 1 atom stereocenters. The number of fused-ring (bicyclic) bond motifs is 1. The molecule has 6 heteroatoms. The second-order valence-electron chi connectivity index (χ2n) is 4.70. The van der Waals surface area contributed by atoms with Crippen molar-refractivity contribution in [3.63, 3.8) is 0 Å². The van der Waals surface area contributed by atoms with Gasteiger partial charge in [-0.25, -0.2) is 9.59 Å². The molecular weight excluding hydrogens is 248 g/mol. The van der Waals surface area contributed by atoms with Crippen molar-refractivity contribution in [2.75, 3.05) is 18.0 Å². The second-order valence-corrected chi connectivity index (χ2v) is 4.70. The fourth-order valence-corrected chi connectivity index (χ4v) is 2.53. The van der Waals surface area contributed by atoms with Gasteiger partial charge in [-0.1, -0.05) is 19.1 Å². The van der Waals surface area contributed by atoms with Crippen molar-refractivity contribution in [3.05, 3.63) is 29.3 Å². The smallest absolute Gasteiger partial charge is 0.337 e. The molecule has 0 saturated heterocycles. The Hall–Kier alpha value is -2.08. The highest BCUT2D eigenvalue weighted by atomic mass is 16.4. The number of anilines is 1. The zero-order valence-electron chi connectivity index (χ0n) is 10.6. The van der Waals surface area contributed by atoms with Crippen LogP contribution in [0, 0.1) is 0 Å². The number of benzene rings is 1. The average molecular weight is 264 g/mol. The Labute approximate surface area is 110 Å². The summed E-state index contributed by atoms with van der Waals surface area (Å²) in [5.41, 5.74) is 5.32. The van der Waals surface area contributed by atoms with Crippen LogP contribution in [0.5, 0.6) is 0 Å². The molecule has 6 nitrogen and oxygen atoms in total. The van der Waals surface area contributed by atoms with E-state index in [-0.39, 0.29) is 12.1 Å². The SMILES string of the molecule is CCCN1CC(N)(C(=O)O)c2cccc(C(=O)O)c21. The third-order valence-electron chi connectivity index (χ3n) is 3.38. The fourth-order valence-electron chi connectivity index (χ4n) is 2.53. The minimum Gasteiger partial charge on any atom is -0.480 e. The number of nitrogens with two attached hydrogens (primary N) is 1. The van der Waals surface area contributed by atoms with Crippen LogP contribution in [0.15, 0.2) is 18.2 Å². The first kappa shape index (κ1) is 13.4. The standard InChI is InChI=1S/C13H16N2O4/c1-2-6-15-7-13(14,12(18)19)9-5-3-4-8(10(9)15)11(16)17/h3-5H,2,6-7,14H2,1H3,(H,16,17)(H,18,19). The first-order valence-electron chi connectivity index (χ1n) is 6.05. The van der Waals surface area contributed by atoms with Gasteiger partial charge in [0.2, 0.25) is 0 Å². The van der Waals surface area contributed by atoms with Crippen molar-refractivity contribution in [2.45, 2.75) is 18.9 Å². The van der Waals surface area contributed by atoms with Gasteiger partial charge in [0.1, 0.15) is 0 Å². The highest BCUT2D eigenvalue weighted by molar-refractivity contribution is 5.99. The number of carboxylic acids is 2. The molecule has 4 N–H and O–H groups in total. The molecule has 0 radical (unpaired) electrons. The summed E-state index contributed by atoms with van der Waals surface area (Å²) in [7, 11) is 0. The van der Waals surface area contributed by atoms with Crippen LogP contribution >= 0.6 is 0 Å². The Morgan fingerprint density at radius 2 is 2.11 bits per heavy atom. The number of aromatic carboxylic acids is 1. The lowest BCUT2D eigenvalue weighted by Crippen LogP contribution is -2.48. The zero-order chi connectivity index (χ0) is 14.2. The Balaban J connectivity index is 2.64. The maximum Gasteiger partial charge on any atom is 0.337 e. The van der Waals surface area contributed by atoms with Gasteiger partial charge in [0.05, 0.1) is 17.8 Å². The Morgan fingerprint density at radius 1 is 1.42 bits per heavy atom. The third kappa shape index (κ3) is 1.94. The van der Waals surface area contributed by atoms with E-state index in [9.17, 15) is 19.8 Å². The molecule has 102 valence electrons. The summed E-state index contributed by atoms with van der Waals surface area (Å²) in [6, 6.07) is 4.59. The fraction of sp³-hybridized carbons (Fsp3) is 0.385. The van der Waals surface area contributed by atoms with Crippen LogP contribution in [0.3, 0.4) is 0 Å². The van der Waals surface area contributed by atoms with Gasteiger partial charge in [0.25, 0.3) is 0 Å². The molecule has 0 fully saturated rings. The van der Waals surface area contributed by atoms with Crippen molar-refractivity contribution in [1.82, 2.24) is 0 Å². The molecule has 0 bridgehead atoms. The zero-order valence-corrected chi connectivity index (χ0v) is 10.6. The molecule has 2 rings (SSSR count). The van der Waals surface area contributed by atoms with Gasteiger partial charge in [-0.15, -0.1) is 0 Å². The van der Waals surface area contributed by atoms with Gasteiger partial charge >= 0.3 is 11.9 Å². The minimum absolute atomic E-state index is 0.0931. The molecule has 1 aromatic rings. The van der Waals surface area contributed by atoms with Gasteiger partial charge in [-0.2, -0.15) is 0 Å². The molecule has 1 aliphatic heterocycles. The van der Waals surface area contributed by atoms with Crippen molar-refractivity contribution >= 4 is 17.6 Å². The monoisotopic (exact) mass is 264 g/mol. The summed E-state index contributed by atoms with van der Waals surface area (Å²) in [6.07, 6.45) is 0.781. The van der Waals surface area contributed by atoms with E-state index in [0.29, 0.717) is 17.8 Å². The van der Waals surface area contributed by atoms with E-state index >= 15 is 0 Å². The quantitative estimate of drug-likeness (QED) is 0.745. The number of aliphatic carboxylic acids is 1. The van der Waals surface area contributed by atoms with E-state index in [4.69, 9.17) is 5.73 Å². The van der Waals surface area contributed by atoms with Crippen LogP contribution in [0.4, 0.5) is 5.69 Å². The Bertz CT molecular complexity index is 543. The van der Waals surface area contributed by atoms with Crippen molar-refractivity contribution in [1.29, 1.82) is 0 Å². The van der Waals surface area contributed by atoms with Gasteiger partial charge in [-0.3, -0.25) is 0 Å². The van der Waals surface area contributed by atoms with Crippen molar-refractivity contribution in [2.24, 2.45) is 5.73 Å².